The molecule has 0 aliphatic heterocycles. The summed E-state index contributed by atoms with van der Waals surface area (Å²) in [5, 5.41) is 8.19. The zero-order valence-corrected chi connectivity index (χ0v) is 12.8. The summed E-state index contributed by atoms with van der Waals surface area (Å²) in [5.41, 5.74) is 1.94. The van der Waals surface area contributed by atoms with E-state index in [1.165, 1.54) is 18.2 Å². The molecule has 0 radical (unpaired) electrons. The van der Waals surface area contributed by atoms with Crippen LogP contribution in [0, 0.1) is 11.6 Å². The highest BCUT2D eigenvalue weighted by Gasteiger charge is 2.17. The molecule has 1 unspecified atom stereocenters. The van der Waals surface area contributed by atoms with Gasteiger partial charge < -0.3 is 0 Å². The largest absolute Gasteiger partial charge is 0.248 e. The maximum Gasteiger partial charge on any atom is 0.129 e. The molecule has 0 bridgehead atoms. The van der Waals surface area contributed by atoms with Crippen molar-refractivity contribution in [2.24, 2.45) is 0 Å². The average molecular weight is 313 g/mol. The Morgan fingerprint density at radius 1 is 1.00 bits per heavy atom. The van der Waals surface area contributed by atoms with Crippen molar-refractivity contribution < 1.29 is 8.78 Å². The van der Waals surface area contributed by atoms with Gasteiger partial charge in [0.2, 0.25) is 0 Å². The van der Waals surface area contributed by atoms with Gasteiger partial charge in [-0.1, -0.05) is 48.5 Å². The predicted molar refractivity (Wildman–Crippen MR) is 84.0 cm³/mol. The molecule has 0 N–H and O–H groups in total. The number of hydrogen-bond donors (Lipinski definition) is 0. The number of rotatable bonds is 5. The summed E-state index contributed by atoms with van der Waals surface area (Å²) in [7, 11) is 0. The number of halogens is 2. The van der Waals surface area contributed by atoms with Crippen molar-refractivity contribution in [2.45, 2.75) is 25.8 Å². The van der Waals surface area contributed by atoms with Crippen LogP contribution < -0.4 is 0 Å². The minimum atomic E-state index is -0.519. The Kier molecular flexibility index (Phi) is 4.46. The van der Waals surface area contributed by atoms with Gasteiger partial charge in [0, 0.05) is 11.8 Å². The second kappa shape index (κ2) is 6.69. The molecule has 1 aromatic heterocycles. The molecule has 0 fully saturated rings. The Balaban J connectivity index is 1.71. The molecule has 0 aliphatic carbocycles. The molecule has 1 atom stereocenters. The van der Waals surface area contributed by atoms with E-state index >= 15 is 0 Å². The molecule has 3 nitrogen and oxygen atoms in total. The molecule has 0 amide bonds. The monoisotopic (exact) mass is 313 g/mol. The van der Waals surface area contributed by atoms with Gasteiger partial charge in [-0.05, 0) is 30.0 Å². The van der Waals surface area contributed by atoms with Gasteiger partial charge in [0.1, 0.15) is 11.6 Å². The van der Waals surface area contributed by atoms with Gasteiger partial charge in [0.05, 0.1) is 12.2 Å². The molecule has 0 aliphatic rings. The molecule has 118 valence electrons. The van der Waals surface area contributed by atoms with E-state index in [9.17, 15) is 8.78 Å². The van der Waals surface area contributed by atoms with Crippen LogP contribution in [-0.2, 0) is 13.0 Å². The van der Waals surface area contributed by atoms with E-state index in [0.29, 0.717) is 13.0 Å². The van der Waals surface area contributed by atoms with Crippen LogP contribution in [-0.4, -0.2) is 15.0 Å². The third-order valence-electron chi connectivity index (χ3n) is 3.78. The van der Waals surface area contributed by atoms with Crippen LogP contribution in [0.15, 0.2) is 54.7 Å². The predicted octanol–water partition coefficient (Wildman–Crippen LogP) is 3.95. The maximum atomic E-state index is 13.8. The lowest BCUT2D eigenvalue weighted by molar-refractivity contribution is 0.529. The highest BCUT2D eigenvalue weighted by Crippen LogP contribution is 2.25. The lowest BCUT2D eigenvalue weighted by Crippen LogP contribution is -2.05. The van der Waals surface area contributed by atoms with Crippen molar-refractivity contribution in [1.29, 1.82) is 0 Å². The normalized spacial score (nSPS) is 12.3. The first-order valence-corrected chi connectivity index (χ1v) is 7.50. The van der Waals surface area contributed by atoms with E-state index < -0.39 is 11.6 Å². The molecule has 2 aromatic carbocycles. The first-order chi connectivity index (χ1) is 11.1. The van der Waals surface area contributed by atoms with E-state index in [1.807, 2.05) is 36.5 Å². The second-order valence-electron chi connectivity index (χ2n) is 5.63. The molecule has 3 aromatic rings. The van der Waals surface area contributed by atoms with Gasteiger partial charge in [-0.2, -0.15) is 0 Å². The van der Waals surface area contributed by atoms with E-state index in [0.717, 1.165) is 11.3 Å². The van der Waals surface area contributed by atoms with Crippen LogP contribution in [0.1, 0.15) is 29.7 Å². The maximum absolute atomic E-state index is 13.8. The van der Waals surface area contributed by atoms with Crippen molar-refractivity contribution in [3.8, 4) is 0 Å². The van der Waals surface area contributed by atoms with Gasteiger partial charge in [0.15, 0.2) is 0 Å². The summed E-state index contributed by atoms with van der Waals surface area (Å²) >= 11 is 0. The lowest BCUT2D eigenvalue weighted by Gasteiger charge is -2.12. The Morgan fingerprint density at radius 2 is 1.70 bits per heavy atom. The third kappa shape index (κ3) is 3.62. The summed E-state index contributed by atoms with van der Waals surface area (Å²) in [6.07, 6.45) is 2.26. The van der Waals surface area contributed by atoms with E-state index in [2.05, 4.69) is 10.3 Å². The fourth-order valence-electron chi connectivity index (χ4n) is 2.68. The summed E-state index contributed by atoms with van der Waals surface area (Å²) in [6, 6.07) is 13.9. The summed E-state index contributed by atoms with van der Waals surface area (Å²) in [6.45, 7) is 2.41. The molecule has 0 saturated carbocycles. The first kappa shape index (κ1) is 15.3. The van der Waals surface area contributed by atoms with Crippen LogP contribution in [0.4, 0.5) is 8.78 Å². The first-order valence-electron chi connectivity index (χ1n) is 7.50. The minimum Gasteiger partial charge on any atom is -0.248 e. The SMILES string of the molecule is CC(Cc1cn(Cc2ccccc2)nn1)c1c(F)cccc1F. The van der Waals surface area contributed by atoms with E-state index in [4.69, 9.17) is 0 Å². The van der Waals surface area contributed by atoms with Crippen LogP contribution in [0.25, 0.3) is 0 Å². The highest BCUT2D eigenvalue weighted by molar-refractivity contribution is 5.24. The van der Waals surface area contributed by atoms with Crippen molar-refractivity contribution >= 4 is 0 Å². The fraction of sp³-hybridized carbons (Fsp3) is 0.222. The fourth-order valence-corrected chi connectivity index (χ4v) is 2.68. The van der Waals surface area contributed by atoms with Gasteiger partial charge in [-0.15, -0.1) is 5.10 Å². The Bertz CT molecular complexity index is 764. The number of nitrogens with zero attached hydrogens (tertiary/aromatic N) is 3. The van der Waals surface area contributed by atoms with Crippen LogP contribution in [0.2, 0.25) is 0 Å². The lowest BCUT2D eigenvalue weighted by atomic mass is 9.95. The molecule has 0 saturated heterocycles. The third-order valence-corrected chi connectivity index (χ3v) is 3.78. The zero-order chi connectivity index (χ0) is 16.2. The van der Waals surface area contributed by atoms with E-state index in [1.54, 1.807) is 11.6 Å². The van der Waals surface area contributed by atoms with Gasteiger partial charge in [0.25, 0.3) is 0 Å². The standard InChI is InChI=1S/C18H17F2N3/c1-13(18-16(19)8-5-9-17(18)20)10-15-12-23(22-21-15)11-14-6-3-2-4-7-14/h2-9,12-13H,10-11H2,1H3. The molecular formula is C18H17F2N3. The summed E-state index contributed by atoms with van der Waals surface area (Å²) in [4.78, 5) is 0. The molecule has 5 heteroatoms. The minimum absolute atomic E-state index is 0.102. The Morgan fingerprint density at radius 3 is 2.39 bits per heavy atom. The average Bonchev–Trinajstić information content (AvgIpc) is 2.95. The number of benzene rings is 2. The molecular weight excluding hydrogens is 296 g/mol. The van der Waals surface area contributed by atoms with Crippen LogP contribution >= 0.6 is 0 Å². The van der Waals surface area contributed by atoms with Crippen LogP contribution in [0.3, 0.4) is 0 Å². The Labute approximate surface area is 133 Å². The van der Waals surface area contributed by atoms with Gasteiger partial charge in [-0.3, -0.25) is 0 Å². The summed E-state index contributed by atoms with van der Waals surface area (Å²) < 4.78 is 29.4. The second-order valence-corrected chi connectivity index (χ2v) is 5.63. The number of aromatic nitrogens is 3. The van der Waals surface area contributed by atoms with Crippen molar-refractivity contribution in [3.63, 3.8) is 0 Å². The quantitative estimate of drug-likeness (QED) is 0.714. The molecule has 23 heavy (non-hydrogen) atoms. The summed E-state index contributed by atoms with van der Waals surface area (Å²) in [5.74, 6) is -1.35. The molecule has 1 heterocycles. The molecule has 3 rings (SSSR count). The molecule has 0 spiro atoms. The zero-order valence-electron chi connectivity index (χ0n) is 12.8. The van der Waals surface area contributed by atoms with Gasteiger partial charge in [-0.25, -0.2) is 13.5 Å². The van der Waals surface area contributed by atoms with Gasteiger partial charge >= 0.3 is 0 Å². The topological polar surface area (TPSA) is 30.7 Å². The van der Waals surface area contributed by atoms with Crippen molar-refractivity contribution in [2.75, 3.05) is 0 Å². The van der Waals surface area contributed by atoms with Crippen LogP contribution in [0.5, 0.6) is 0 Å². The highest BCUT2D eigenvalue weighted by atomic mass is 19.1. The van der Waals surface area contributed by atoms with Crippen molar-refractivity contribution in [1.82, 2.24) is 15.0 Å². The Hall–Kier alpha value is -2.56. The smallest absolute Gasteiger partial charge is 0.129 e. The van der Waals surface area contributed by atoms with E-state index in [-0.39, 0.29) is 11.5 Å². The number of hydrogen-bond acceptors (Lipinski definition) is 2. The van der Waals surface area contributed by atoms with Crippen molar-refractivity contribution in [3.05, 3.63) is 83.2 Å².